The van der Waals surface area contributed by atoms with Crippen LogP contribution in [0.25, 0.3) is 0 Å². The van der Waals surface area contributed by atoms with E-state index in [9.17, 15) is 28.8 Å². The van der Waals surface area contributed by atoms with E-state index < -0.39 is 70.4 Å². The molecule has 2 radical (unpaired) electrons. The van der Waals surface area contributed by atoms with Crippen molar-refractivity contribution < 1.29 is 140 Å². The molecule has 0 aromatic rings. The van der Waals surface area contributed by atoms with Crippen LogP contribution in [-0.4, -0.2) is 126 Å². The minimum Gasteiger partial charge on any atom is -0.500 e. The van der Waals surface area contributed by atoms with Crippen LogP contribution in [0.3, 0.4) is 0 Å². The molecule has 270 valence electrons. The van der Waals surface area contributed by atoms with Crippen molar-refractivity contribution in [2.24, 2.45) is 17.8 Å². The average Bonchev–Trinajstić information content (AvgIpc) is 3.06. The number of carboxylic acid groups (broad SMARTS) is 6. The van der Waals surface area contributed by atoms with Gasteiger partial charge in [-0.1, -0.05) is 18.2 Å². The summed E-state index contributed by atoms with van der Waals surface area (Å²) in [6, 6.07) is 0. The number of hydrogen-bond donors (Lipinski definition) is 6. The zero-order chi connectivity index (χ0) is 37.0. The Morgan fingerprint density at radius 2 is 0.660 bits per heavy atom. The molecule has 18 nitrogen and oxygen atoms in total. The number of allylic oxidation sites excluding steroid dienone is 6. The molecule has 0 aromatic carbocycles. The van der Waals surface area contributed by atoms with Gasteiger partial charge in [-0.3, -0.25) is 14.4 Å². The smallest absolute Gasteiger partial charge is 0.341 e. The van der Waals surface area contributed by atoms with E-state index in [1.807, 2.05) is 0 Å². The minimum atomic E-state index is -1.92. The zero-order valence-corrected chi connectivity index (χ0v) is 31.3. The molecule has 20 heteroatoms. The molecule has 50 heavy (non-hydrogen) atoms. The van der Waals surface area contributed by atoms with E-state index in [0.717, 1.165) is 21.3 Å². The van der Waals surface area contributed by atoms with Gasteiger partial charge < -0.3 is 59.1 Å². The van der Waals surface area contributed by atoms with Crippen molar-refractivity contribution >= 4 is 35.8 Å². The van der Waals surface area contributed by atoms with E-state index in [0.29, 0.717) is 0 Å². The first-order chi connectivity index (χ1) is 22.5. The number of ether oxygens (including phenoxy) is 6. The van der Waals surface area contributed by atoms with Crippen LogP contribution in [0, 0.1) is 17.8 Å². The number of aliphatic carboxylic acids is 6. The van der Waals surface area contributed by atoms with Gasteiger partial charge in [0.2, 0.25) is 16.8 Å². The summed E-state index contributed by atoms with van der Waals surface area (Å²) in [6.45, 7) is 0. The fourth-order valence-corrected chi connectivity index (χ4v) is 4.95. The summed E-state index contributed by atoms with van der Waals surface area (Å²) >= 11 is 0. The second-order valence-electron chi connectivity index (χ2n) is 9.62. The predicted octanol–water partition coefficient (Wildman–Crippen LogP) is 0.766. The van der Waals surface area contributed by atoms with E-state index >= 15 is 0 Å². The molecule has 0 saturated heterocycles. The monoisotopic (exact) mass is 774 g/mol. The fourth-order valence-electron chi connectivity index (χ4n) is 4.95. The van der Waals surface area contributed by atoms with Crippen molar-refractivity contribution in [3.8, 4) is 0 Å². The third kappa shape index (κ3) is 9.74. The Morgan fingerprint density at radius 1 is 0.460 bits per heavy atom. The normalized spacial score (nSPS) is 27.2. The van der Waals surface area contributed by atoms with Crippen molar-refractivity contribution in [1.82, 2.24) is 0 Å². The van der Waals surface area contributed by atoms with Crippen LogP contribution in [-0.2, 0) is 109 Å². The van der Waals surface area contributed by atoms with Crippen LogP contribution in [0.5, 0.6) is 0 Å². The van der Waals surface area contributed by atoms with E-state index in [4.69, 9.17) is 59.1 Å². The SMILES string of the molecule is COC1=CC=CC(OC)(C(=O)O)C1C(=O)O.COC1=CC=CC(OC)(C(=O)O)C1C(=O)O.COC1=CC=CC(OC)(C(=O)O)C1C(=O)O.[Sc].[Sc]. The molecule has 3 aliphatic rings. The fraction of sp³-hybridized carbons (Fsp3) is 0.400. The number of rotatable bonds is 12. The molecular weight excluding hydrogens is 738 g/mol. The maximum absolute atomic E-state index is 11.2. The molecule has 6 atom stereocenters. The molecular formula is C30H36O18Sc2. The summed E-state index contributed by atoms with van der Waals surface area (Å²) in [7, 11) is 7.28. The topological polar surface area (TPSA) is 279 Å². The second-order valence-corrected chi connectivity index (χ2v) is 9.62. The Morgan fingerprint density at radius 3 is 0.780 bits per heavy atom. The van der Waals surface area contributed by atoms with Gasteiger partial charge in [-0.15, -0.1) is 0 Å². The van der Waals surface area contributed by atoms with Crippen LogP contribution in [0.1, 0.15) is 0 Å². The van der Waals surface area contributed by atoms with Crippen molar-refractivity contribution in [3.05, 3.63) is 72.0 Å². The predicted molar refractivity (Wildman–Crippen MR) is 158 cm³/mol. The van der Waals surface area contributed by atoms with Crippen LogP contribution < -0.4 is 0 Å². The molecule has 0 aromatic heterocycles. The Labute approximate surface area is 322 Å². The molecule has 0 saturated carbocycles. The van der Waals surface area contributed by atoms with Crippen molar-refractivity contribution in [2.75, 3.05) is 42.7 Å². The molecule has 0 bridgehead atoms. The third-order valence-electron chi connectivity index (χ3n) is 7.42. The van der Waals surface area contributed by atoms with E-state index in [2.05, 4.69) is 0 Å². The Balaban J connectivity index is 0. The maximum atomic E-state index is 11.2. The quantitative estimate of drug-likeness (QED) is 0.160. The third-order valence-corrected chi connectivity index (χ3v) is 7.42. The summed E-state index contributed by atoms with van der Waals surface area (Å²) in [5, 5.41) is 54.5. The molecule has 0 heterocycles. The van der Waals surface area contributed by atoms with Gasteiger partial charge in [0.15, 0.2) is 17.8 Å². The maximum Gasteiger partial charge on any atom is 0.341 e. The molecule has 0 aliphatic heterocycles. The van der Waals surface area contributed by atoms with Crippen LogP contribution in [0.15, 0.2) is 72.0 Å². The van der Waals surface area contributed by atoms with Crippen LogP contribution in [0.2, 0.25) is 0 Å². The Bertz CT molecular complexity index is 1290. The first-order valence-corrected chi connectivity index (χ1v) is 13.3. The van der Waals surface area contributed by atoms with E-state index in [1.54, 1.807) is 0 Å². The standard InChI is InChI=1S/3C10H12O6.2Sc/c3*1-15-6-4-3-5-10(16-2,9(13)14)7(6)8(11)12;;/h3*3-5,7H,1-2H3,(H,11,12)(H,13,14);;. The van der Waals surface area contributed by atoms with Crippen LogP contribution >= 0.6 is 0 Å². The number of carbonyl (C=O) groups is 6. The summed E-state index contributed by atoms with van der Waals surface area (Å²) < 4.78 is 29.1. The first kappa shape index (κ1) is 48.4. The summed E-state index contributed by atoms with van der Waals surface area (Å²) in [4.78, 5) is 66.8. The summed E-state index contributed by atoms with van der Waals surface area (Å²) in [5.74, 6) is -12.1. The van der Waals surface area contributed by atoms with Gasteiger partial charge in [-0.2, -0.15) is 0 Å². The van der Waals surface area contributed by atoms with Gasteiger partial charge in [-0.05, 0) is 36.5 Å². The molecule has 0 amide bonds. The number of hydrogen-bond acceptors (Lipinski definition) is 12. The summed E-state index contributed by atoms with van der Waals surface area (Å²) in [6.07, 6.45) is 12.0. The van der Waals surface area contributed by atoms with E-state index in [-0.39, 0.29) is 69.0 Å². The summed E-state index contributed by atoms with van der Waals surface area (Å²) in [5.41, 5.74) is -5.77. The molecule has 6 unspecified atom stereocenters. The molecule has 0 spiro atoms. The Kier molecular flexibility index (Phi) is 20.2. The van der Waals surface area contributed by atoms with Gasteiger partial charge in [-0.25, -0.2) is 14.4 Å². The molecule has 3 aliphatic carbocycles. The zero-order valence-electron chi connectivity index (χ0n) is 27.7. The van der Waals surface area contributed by atoms with Crippen molar-refractivity contribution in [1.29, 1.82) is 0 Å². The van der Waals surface area contributed by atoms with Gasteiger partial charge in [0, 0.05) is 73.0 Å². The molecule has 3 rings (SSSR count). The minimum absolute atomic E-state index is 0. The molecule has 6 N–H and O–H groups in total. The van der Waals surface area contributed by atoms with Gasteiger partial charge in [0.05, 0.1) is 21.3 Å². The molecule has 0 fully saturated rings. The van der Waals surface area contributed by atoms with Crippen LogP contribution in [0.4, 0.5) is 0 Å². The average molecular weight is 775 g/mol. The first-order valence-electron chi connectivity index (χ1n) is 13.3. The van der Waals surface area contributed by atoms with E-state index in [1.165, 1.54) is 76.0 Å². The van der Waals surface area contributed by atoms with Crippen molar-refractivity contribution in [3.63, 3.8) is 0 Å². The second kappa shape index (κ2) is 20.8. The van der Waals surface area contributed by atoms with Gasteiger partial charge in [0.1, 0.15) is 17.3 Å². The number of carboxylic acids is 6. The van der Waals surface area contributed by atoms with Crippen molar-refractivity contribution in [2.45, 2.75) is 16.8 Å². The Hall–Kier alpha value is -3.72. The number of methoxy groups -OCH3 is 6. The largest absolute Gasteiger partial charge is 0.500 e. The van der Waals surface area contributed by atoms with Gasteiger partial charge in [0.25, 0.3) is 0 Å². The van der Waals surface area contributed by atoms with Gasteiger partial charge >= 0.3 is 35.8 Å².